The van der Waals surface area contributed by atoms with Gasteiger partial charge < -0.3 is 4.42 Å². The summed E-state index contributed by atoms with van der Waals surface area (Å²) in [6.45, 7) is 2.11. The van der Waals surface area contributed by atoms with Crippen molar-refractivity contribution in [2.24, 2.45) is 0 Å². The lowest BCUT2D eigenvalue weighted by Crippen LogP contribution is -2.40. The summed E-state index contributed by atoms with van der Waals surface area (Å²) in [5.41, 5.74) is 0.401. The molecule has 5 nitrogen and oxygen atoms in total. The van der Waals surface area contributed by atoms with E-state index < -0.39 is 11.2 Å². The van der Waals surface area contributed by atoms with Crippen LogP contribution < -0.4 is 11.2 Å². The van der Waals surface area contributed by atoms with Crippen molar-refractivity contribution in [2.75, 3.05) is 0 Å². The van der Waals surface area contributed by atoms with Crippen LogP contribution in [0, 0.1) is 6.92 Å². The van der Waals surface area contributed by atoms with Crippen molar-refractivity contribution in [3.63, 3.8) is 0 Å². The number of aryl methyl sites for hydroxylation is 1. The van der Waals surface area contributed by atoms with E-state index in [9.17, 15) is 9.59 Å². The molecule has 2 heterocycles. The molecule has 28 heavy (non-hydrogen) atoms. The van der Waals surface area contributed by atoms with Gasteiger partial charge in [-0.05, 0) is 36.8 Å². The number of benzene rings is 2. The third-order valence-electron chi connectivity index (χ3n) is 4.54. The molecule has 0 saturated heterocycles. The minimum absolute atomic E-state index is 0.0230. The van der Waals surface area contributed by atoms with Gasteiger partial charge in [-0.2, -0.15) is 0 Å². The molecule has 2 aromatic carbocycles. The number of furan rings is 1. The minimum Gasteiger partial charge on any atom is -0.464 e. The summed E-state index contributed by atoms with van der Waals surface area (Å²) >= 11 is 12.5. The number of hydrogen-bond acceptors (Lipinski definition) is 3. The number of hydrogen-bond donors (Lipinski definition) is 0. The van der Waals surface area contributed by atoms with E-state index in [-0.39, 0.29) is 23.5 Å². The van der Waals surface area contributed by atoms with Gasteiger partial charge in [-0.3, -0.25) is 13.9 Å². The van der Waals surface area contributed by atoms with Crippen LogP contribution in [0.3, 0.4) is 0 Å². The van der Waals surface area contributed by atoms with Gasteiger partial charge in [0.2, 0.25) is 0 Å². The van der Waals surface area contributed by atoms with Gasteiger partial charge >= 0.3 is 5.69 Å². The van der Waals surface area contributed by atoms with Crippen LogP contribution >= 0.6 is 23.2 Å². The molecule has 0 saturated carbocycles. The van der Waals surface area contributed by atoms with Crippen molar-refractivity contribution in [1.29, 1.82) is 0 Å². The van der Waals surface area contributed by atoms with Crippen LogP contribution in [0.25, 0.3) is 10.9 Å². The zero-order valence-corrected chi connectivity index (χ0v) is 16.5. The van der Waals surface area contributed by atoms with Crippen molar-refractivity contribution in [3.8, 4) is 0 Å². The highest BCUT2D eigenvalue weighted by Crippen LogP contribution is 2.25. The average Bonchev–Trinajstić information content (AvgIpc) is 3.07. The highest BCUT2D eigenvalue weighted by molar-refractivity contribution is 6.38. The van der Waals surface area contributed by atoms with Gasteiger partial charge in [0.25, 0.3) is 5.56 Å². The van der Waals surface area contributed by atoms with Crippen molar-refractivity contribution < 1.29 is 4.42 Å². The Morgan fingerprint density at radius 1 is 0.929 bits per heavy atom. The van der Waals surface area contributed by atoms with Crippen LogP contribution in [-0.4, -0.2) is 9.13 Å². The van der Waals surface area contributed by atoms with Gasteiger partial charge in [-0.25, -0.2) is 4.79 Å². The molecule has 0 spiro atoms. The molecule has 4 aromatic rings. The maximum Gasteiger partial charge on any atom is 0.332 e. The predicted molar refractivity (Wildman–Crippen MR) is 111 cm³/mol. The minimum atomic E-state index is -0.472. The maximum absolute atomic E-state index is 13.2. The van der Waals surface area contributed by atoms with Gasteiger partial charge in [-0.15, -0.1) is 0 Å². The Balaban J connectivity index is 1.99. The molecule has 0 aliphatic heterocycles. The fraction of sp³-hybridized carbons (Fsp3) is 0.143. The van der Waals surface area contributed by atoms with Crippen molar-refractivity contribution >= 4 is 34.1 Å². The van der Waals surface area contributed by atoms with E-state index in [0.717, 1.165) is 10.1 Å². The molecule has 0 atom stereocenters. The lowest BCUT2D eigenvalue weighted by Gasteiger charge is -2.15. The standard InChI is InChI=1S/C21H16Cl2N2O3/c1-13-7-8-16(28-13)12-25-20(26)19-17(23)9-15(22)10-18(19)24(21(25)27)11-14-5-3-2-4-6-14/h2-10H,11-12H2,1H3. The second kappa shape index (κ2) is 7.34. The SMILES string of the molecule is Cc1ccc(Cn2c(=O)c3c(Cl)cc(Cl)cc3n(Cc3ccccc3)c2=O)o1. The van der Waals surface area contributed by atoms with E-state index in [1.807, 2.05) is 30.3 Å². The number of halogens is 2. The molecule has 7 heteroatoms. The number of nitrogens with zero attached hydrogens (tertiary/aromatic N) is 2. The van der Waals surface area contributed by atoms with Crippen LogP contribution in [0.5, 0.6) is 0 Å². The van der Waals surface area contributed by atoms with E-state index >= 15 is 0 Å². The maximum atomic E-state index is 13.2. The quantitative estimate of drug-likeness (QED) is 0.494. The molecule has 2 aromatic heterocycles. The number of rotatable bonds is 4. The monoisotopic (exact) mass is 414 g/mol. The molecule has 0 fully saturated rings. The second-order valence-corrected chi connectivity index (χ2v) is 7.38. The molecule has 142 valence electrons. The van der Waals surface area contributed by atoms with Crippen LogP contribution in [0.2, 0.25) is 10.0 Å². The largest absolute Gasteiger partial charge is 0.464 e. The van der Waals surface area contributed by atoms with E-state index in [4.69, 9.17) is 27.6 Å². The Morgan fingerprint density at radius 2 is 1.68 bits per heavy atom. The fourth-order valence-corrected chi connectivity index (χ4v) is 3.80. The molecule has 0 aliphatic carbocycles. The first kappa shape index (κ1) is 18.6. The van der Waals surface area contributed by atoms with Gasteiger partial charge in [0.05, 0.1) is 29.0 Å². The molecule has 0 radical (unpaired) electrons. The molecule has 0 unspecified atom stereocenters. The first-order valence-electron chi connectivity index (χ1n) is 8.65. The number of aromatic nitrogens is 2. The molecule has 0 amide bonds. The molecular weight excluding hydrogens is 399 g/mol. The highest BCUT2D eigenvalue weighted by atomic mass is 35.5. The summed E-state index contributed by atoms with van der Waals surface area (Å²) < 4.78 is 8.21. The third-order valence-corrected chi connectivity index (χ3v) is 5.06. The second-order valence-electron chi connectivity index (χ2n) is 6.54. The Hall–Kier alpha value is -2.76. The van der Waals surface area contributed by atoms with E-state index in [2.05, 4.69) is 0 Å². The Labute approximate surface area is 170 Å². The summed E-state index contributed by atoms with van der Waals surface area (Å²) in [6, 6.07) is 16.1. The first-order valence-corrected chi connectivity index (χ1v) is 9.41. The summed E-state index contributed by atoms with van der Waals surface area (Å²) in [4.78, 5) is 26.3. The highest BCUT2D eigenvalue weighted by Gasteiger charge is 2.18. The lowest BCUT2D eigenvalue weighted by molar-refractivity contribution is 0.459. The number of fused-ring (bicyclic) bond motifs is 1. The first-order chi connectivity index (χ1) is 13.4. The zero-order chi connectivity index (χ0) is 19.8. The van der Waals surface area contributed by atoms with Crippen molar-refractivity contribution in [2.45, 2.75) is 20.0 Å². The Bertz CT molecular complexity index is 1290. The van der Waals surface area contributed by atoms with Crippen molar-refractivity contribution in [3.05, 3.63) is 103 Å². The molecule has 4 rings (SSSR count). The summed E-state index contributed by atoms with van der Waals surface area (Å²) in [7, 11) is 0. The van der Waals surface area contributed by atoms with Crippen LogP contribution in [0.1, 0.15) is 17.1 Å². The van der Waals surface area contributed by atoms with Crippen LogP contribution in [0.4, 0.5) is 0 Å². The molecule has 0 bridgehead atoms. The summed E-state index contributed by atoms with van der Waals surface area (Å²) in [5, 5.41) is 0.820. The molecule has 0 aliphatic rings. The summed E-state index contributed by atoms with van der Waals surface area (Å²) in [5.74, 6) is 1.23. The average molecular weight is 415 g/mol. The topological polar surface area (TPSA) is 57.1 Å². The molecule has 0 N–H and O–H groups in total. The van der Waals surface area contributed by atoms with Crippen LogP contribution in [-0.2, 0) is 13.1 Å². The fourth-order valence-electron chi connectivity index (χ4n) is 3.24. The van der Waals surface area contributed by atoms with Gasteiger partial charge in [0, 0.05) is 5.02 Å². The summed E-state index contributed by atoms with van der Waals surface area (Å²) in [6.07, 6.45) is 0. The van der Waals surface area contributed by atoms with E-state index in [0.29, 0.717) is 22.1 Å². The van der Waals surface area contributed by atoms with Gasteiger partial charge in [-0.1, -0.05) is 53.5 Å². The van der Waals surface area contributed by atoms with Gasteiger partial charge in [0.1, 0.15) is 11.5 Å². The van der Waals surface area contributed by atoms with Crippen molar-refractivity contribution in [1.82, 2.24) is 9.13 Å². The smallest absolute Gasteiger partial charge is 0.332 e. The molecular formula is C21H16Cl2N2O3. The Kier molecular flexibility index (Phi) is 4.87. The lowest BCUT2D eigenvalue weighted by atomic mass is 10.2. The Morgan fingerprint density at radius 3 is 2.36 bits per heavy atom. The van der Waals surface area contributed by atoms with E-state index in [1.54, 1.807) is 25.1 Å². The van der Waals surface area contributed by atoms with Crippen LogP contribution in [0.15, 0.2) is 68.6 Å². The van der Waals surface area contributed by atoms with E-state index in [1.165, 1.54) is 10.6 Å². The third kappa shape index (κ3) is 3.39. The normalized spacial score (nSPS) is 11.2. The predicted octanol–water partition coefficient (Wildman–Crippen LogP) is 4.47. The van der Waals surface area contributed by atoms with Gasteiger partial charge in [0.15, 0.2) is 0 Å². The zero-order valence-electron chi connectivity index (χ0n) is 15.0.